The van der Waals surface area contributed by atoms with Gasteiger partial charge in [-0.15, -0.1) is 0 Å². The van der Waals surface area contributed by atoms with Crippen LogP contribution in [0.2, 0.25) is 0 Å². The van der Waals surface area contributed by atoms with E-state index in [0.717, 1.165) is 25.0 Å². The second kappa shape index (κ2) is 10.3. The van der Waals surface area contributed by atoms with Crippen LogP contribution in [0.3, 0.4) is 0 Å². The third-order valence-electron chi connectivity index (χ3n) is 7.14. The number of nitrogens with zero attached hydrogens (tertiary/aromatic N) is 5. The molecule has 1 aliphatic carbocycles. The Morgan fingerprint density at radius 2 is 1.84 bits per heavy atom. The molecular formula is C24H30F3N7O3. The topological polar surface area (TPSA) is 116 Å². The molecule has 5 rings (SSSR count). The van der Waals surface area contributed by atoms with Crippen molar-refractivity contribution in [3.8, 4) is 0 Å². The van der Waals surface area contributed by atoms with Crippen LogP contribution >= 0.6 is 0 Å². The first-order valence-electron chi connectivity index (χ1n) is 12.6. The van der Waals surface area contributed by atoms with Crippen LogP contribution in [0.4, 0.5) is 24.8 Å². The first kappa shape index (κ1) is 25.4. The third-order valence-corrected chi connectivity index (χ3v) is 7.14. The Bertz CT molecular complexity index is 1160. The zero-order valence-corrected chi connectivity index (χ0v) is 20.5. The number of amides is 1. The standard InChI is InChI=1S/C24H30F3N7O3/c1-14(31-19-10-30-32-22(36)21(19)24(25,26)27)13-37-7-6-20(35)33-11-17-4-5-18(12-33)34(17)23-28-8-16(9-29-23)15-2-3-15/h8-10,14-15,17-18H,2-7,11-13H2,1H3,(H2,31,32,36). The second-order valence-corrected chi connectivity index (χ2v) is 10.0. The van der Waals surface area contributed by atoms with Gasteiger partial charge in [-0.3, -0.25) is 9.59 Å². The van der Waals surface area contributed by atoms with Gasteiger partial charge in [0.1, 0.15) is 5.56 Å². The van der Waals surface area contributed by atoms with Crippen molar-refractivity contribution in [2.75, 3.05) is 36.5 Å². The summed E-state index contributed by atoms with van der Waals surface area (Å²) in [5.41, 5.74) is -1.86. The van der Waals surface area contributed by atoms with Crippen LogP contribution in [0.5, 0.6) is 0 Å². The minimum absolute atomic E-state index is 0.0136. The van der Waals surface area contributed by atoms with Crippen LogP contribution in [-0.4, -0.2) is 75.4 Å². The Hall–Kier alpha value is -3.22. The van der Waals surface area contributed by atoms with Crippen LogP contribution in [-0.2, 0) is 15.7 Å². The highest BCUT2D eigenvalue weighted by molar-refractivity contribution is 5.77. The van der Waals surface area contributed by atoms with Crippen molar-refractivity contribution in [2.45, 2.75) is 69.2 Å². The number of hydrogen-bond donors (Lipinski definition) is 2. The normalized spacial score (nSPS) is 22.3. The molecule has 2 bridgehead atoms. The zero-order chi connectivity index (χ0) is 26.2. The van der Waals surface area contributed by atoms with Gasteiger partial charge in [0.25, 0.3) is 5.56 Å². The molecule has 1 amide bonds. The number of ether oxygens (including phenoxy) is 1. The minimum Gasteiger partial charge on any atom is -0.379 e. The second-order valence-electron chi connectivity index (χ2n) is 10.0. The lowest BCUT2D eigenvalue weighted by Gasteiger charge is -2.41. The van der Waals surface area contributed by atoms with E-state index in [-0.39, 0.29) is 37.6 Å². The van der Waals surface area contributed by atoms with Crippen LogP contribution in [0.15, 0.2) is 23.4 Å². The van der Waals surface area contributed by atoms with Crippen molar-refractivity contribution in [3.63, 3.8) is 0 Å². The molecule has 3 aliphatic rings. The summed E-state index contributed by atoms with van der Waals surface area (Å²) in [7, 11) is 0. The quantitative estimate of drug-likeness (QED) is 0.484. The number of piperazine rings is 1. The van der Waals surface area contributed by atoms with E-state index in [2.05, 4.69) is 25.3 Å². The molecule has 2 saturated heterocycles. The number of rotatable bonds is 9. The first-order chi connectivity index (χ1) is 17.7. The lowest BCUT2D eigenvalue weighted by atomic mass is 10.2. The summed E-state index contributed by atoms with van der Waals surface area (Å²) >= 11 is 0. The Morgan fingerprint density at radius 1 is 1.16 bits per heavy atom. The van der Waals surface area contributed by atoms with Gasteiger partial charge in [0, 0.05) is 43.6 Å². The average molecular weight is 522 g/mol. The summed E-state index contributed by atoms with van der Waals surface area (Å²) in [6.07, 6.45) is 4.53. The van der Waals surface area contributed by atoms with Crippen molar-refractivity contribution in [1.29, 1.82) is 0 Å². The number of carbonyl (C=O) groups excluding carboxylic acids is 1. The Balaban J connectivity index is 1.07. The maximum absolute atomic E-state index is 13.2. The largest absolute Gasteiger partial charge is 0.423 e. The van der Waals surface area contributed by atoms with Gasteiger partial charge in [-0.25, -0.2) is 15.1 Å². The number of aromatic amines is 1. The SMILES string of the molecule is CC(COCCC(=O)N1CC2CCC(C1)N2c1ncc(C2CC2)cn1)Nc1cn[nH]c(=O)c1C(F)(F)F. The highest BCUT2D eigenvalue weighted by Crippen LogP contribution is 2.40. The number of halogens is 3. The molecule has 10 nitrogen and oxygen atoms in total. The van der Waals surface area contributed by atoms with E-state index >= 15 is 0 Å². The van der Waals surface area contributed by atoms with E-state index in [9.17, 15) is 22.8 Å². The highest BCUT2D eigenvalue weighted by Gasteiger charge is 2.42. The van der Waals surface area contributed by atoms with Gasteiger partial charge in [-0.2, -0.15) is 18.3 Å². The lowest BCUT2D eigenvalue weighted by Crippen LogP contribution is -2.56. The number of nitrogens with one attached hydrogen (secondary N) is 2. The molecule has 13 heteroatoms. The number of alkyl halides is 3. The van der Waals surface area contributed by atoms with E-state index in [4.69, 9.17) is 4.74 Å². The Labute approximate surface area is 211 Å². The van der Waals surface area contributed by atoms with E-state index in [1.165, 1.54) is 18.4 Å². The van der Waals surface area contributed by atoms with E-state index in [1.807, 2.05) is 17.3 Å². The van der Waals surface area contributed by atoms with Crippen LogP contribution < -0.4 is 15.8 Å². The minimum atomic E-state index is -4.82. The van der Waals surface area contributed by atoms with Crippen molar-refractivity contribution in [2.24, 2.45) is 0 Å². The highest BCUT2D eigenvalue weighted by atomic mass is 19.4. The molecule has 1 saturated carbocycles. The number of fused-ring (bicyclic) bond motifs is 2. The molecule has 2 N–H and O–H groups in total. The monoisotopic (exact) mass is 521 g/mol. The fourth-order valence-electron chi connectivity index (χ4n) is 5.20. The number of likely N-dealkylation sites (tertiary alicyclic amines) is 1. The maximum Gasteiger partial charge on any atom is 0.423 e. The summed E-state index contributed by atoms with van der Waals surface area (Å²) in [4.78, 5) is 37.7. The molecule has 200 valence electrons. The number of anilines is 2. The molecule has 0 spiro atoms. The summed E-state index contributed by atoms with van der Waals surface area (Å²) in [5.74, 6) is 1.33. The fourth-order valence-corrected chi connectivity index (χ4v) is 5.20. The molecule has 2 aliphatic heterocycles. The van der Waals surface area contributed by atoms with Gasteiger partial charge in [0.2, 0.25) is 11.9 Å². The number of carbonyl (C=O) groups is 1. The molecule has 2 aromatic rings. The third kappa shape index (κ3) is 5.71. The van der Waals surface area contributed by atoms with Crippen molar-refractivity contribution < 1.29 is 22.7 Å². The number of aromatic nitrogens is 4. The molecule has 37 heavy (non-hydrogen) atoms. The first-order valence-corrected chi connectivity index (χ1v) is 12.6. The van der Waals surface area contributed by atoms with Gasteiger partial charge >= 0.3 is 6.18 Å². The van der Waals surface area contributed by atoms with Gasteiger partial charge in [-0.1, -0.05) is 0 Å². The number of hydrogen-bond acceptors (Lipinski definition) is 8. The smallest absolute Gasteiger partial charge is 0.379 e. The van der Waals surface area contributed by atoms with Crippen LogP contribution in [0.1, 0.15) is 56.1 Å². The van der Waals surface area contributed by atoms with Gasteiger partial charge < -0.3 is 19.9 Å². The molecule has 2 aromatic heterocycles. The molecule has 3 unspecified atom stereocenters. The fraction of sp³-hybridized carbons (Fsp3) is 0.625. The Kier molecular flexibility index (Phi) is 7.06. The molecule has 0 radical (unpaired) electrons. The van der Waals surface area contributed by atoms with Crippen LogP contribution in [0.25, 0.3) is 0 Å². The van der Waals surface area contributed by atoms with Crippen molar-refractivity contribution >= 4 is 17.5 Å². The molecule has 4 heterocycles. The van der Waals surface area contributed by atoms with E-state index < -0.39 is 29.0 Å². The molecule has 3 fully saturated rings. The summed E-state index contributed by atoms with van der Waals surface area (Å²) in [6, 6.07) is -0.166. The molecular weight excluding hydrogens is 491 g/mol. The van der Waals surface area contributed by atoms with E-state index in [0.29, 0.717) is 19.0 Å². The predicted molar refractivity (Wildman–Crippen MR) is 128 cm³/mol. The van der Waals surface area contributed by atoms with E-state index in [1.54, 1.807) is 12.0 Å². The zero-order valence-electron chi connectivity index (χ0n) is 20.5. The average Bonchev–Trinajstić information content (AvgIpc) is 3.66. The maximum atomic E-state index is 13.2. The summed E-state index contributed by atoms with van der Waals surface area (Å²) < 4.78 is 45.1. The molecule has 3 atom stereocenters. The number of H-pyrrole nitrogens is 1. The summed E-state index contributed by atoms with van der Waals surface area (Å²) in [5, 5.41) is 7.86. The Morgan fingerprint density at radius 3 is 2.46 bits per heavy atom. The van der Waals surface area contributed by atoms with Crippen molar-refractivity contribution in [1.82, 2.24) is 25.1 Å². The lowest BCUT2D eigenvalue weighted by molar-refractivity contribution is -0.138. The summed E-state index contributed by atoms with van der Waals surface area (Å²) in [6.45, 7) is 3.05. The van der Waals surface area contributed by atoms with Crippen molar-refractivity contribution in [3.05, 3.63) is 40.1 Å². The van der Waals surface area contributed by atoms with Gasteiger partial charge in [0.05, 0.1) is 31.5 Å². The molecule has 0 aromatic carbocycles. The van der Waals surface area contributed by atoms with Crippen LogP contribution in [0, 0.1) is 0 Å². The predicted octanol–water partition coefficient (Wildman–Crippen LogP) is 2.54. The van der Waals surface area contributed by atoms with Gasteiger partial charge in [0.15, 0.2) is 0 Å². The van der Waals surface area contributed by atoms with Gasteiger partial charge in [-0.05, 0) is 44.1 Å².